The Morgan fingerprint density at radius 3 is 2.24 bits per heavy atom. The summed E-state index contributed by atoms with van der Waals surface area (Å²) in [6, 6.07) is 12.7. The van der Waals surface area contributed by atoms with Gasteiger partial charge < -0.3 is 25.0 Å². The van der Waals surface area contributed by atoms with Crippen LogP contribution in [0, 0.1) is 5.82 Å². The van der Waals surface area contributed by atoms with Crippen molar-refractivity contribution < 1.29 is 13.9 Å². The molecule has 1 aliphatic rings. The molecule has 0 spiro atoms. The number of anilines is 1. The fourth-order valence-corrected chi connectivity index (χ4v) is 3.80. The minimum Gasteiger partial charge on any atom is -0.493 e. The van der Waals surface area contributed by atoms with Gasteiger partial charge in [-0.15, -0.1) is 24.0 Å². The molecular weight excluding hydrogens is 536 g/mol. The van der Waals surface area contributed by atoms with Crippen LogP contribution in [-0.2, 0) is 6.42 Å². The molecule has 2 aromatic carbocycles. The van der Waals surface area contributed by atoms with E-state index in [9.17, 15) is 4.39 Å². The largest absolute Gasteiger partial charge is 0.493 e. The first-order valence-corrected chi connectivity index (χ1v) is 11.0. The van der Waals surface area contributed by atoms with Gasteiger partial charge in [0.1, 0.15) is 5.82 Å². The van der Waals surface area contributed by atoms with E-state index in [2.05, 4.69) is 25.4 Å². The standard InChI is InChI=1S/C24H34FN5O2.HI/c1-26-24(27-11-10-19-4-9-22(31-2)23(18-19)32-3)28-12-13-29-14-16-30(17-15-29)21-7-5-20(25)6-8-21;/h4-9,18H,10-17H2,1-3H3,(H2,26,27,28);1H. The van der Waals surface area contributed by atoms with Crippen molar-refractivity contribution in [1.82, 2.24) is 15.5 Å². The zero-order valence-corrected chi connectivity index (χ0v) is 22.0. The minimum atomic E-state index is -0.191. The normalized spacial score (nSPS) is 14.4. The molecule has 1 aliphatic heterocycles. The minimum absolute atomic E-state index is 0. The van der Waals surface area contributed by atoms with Gasteiger partial charge in [0.15, 0.2) is 17.5 Å². The number of ether oxygens (including phenoxy) is 2. The van der Waals surface area contributed by atoms with Crippen molar-refractivity contribution in [3.8, 4) is 11.5 Å². The summed E-state index contributed by atoms with van der Waals surface area (Å²) in [5.41, 5.74) is 2.26. The van der Waals surface area contributed by atoms with E-state index in [-0.39, 0.29) is 29.8 Å². The number of hydrogen-bond acceptors (Lipinski definition) is 5. The Morgan fingerprint density at radius 2 is 1.61 bits per heavy atom. The monoisotopic (exact) mass is 571 g/mol. The number of benzene rings is 2. The first-order valence-electron chi connectivity index (χ1n) is 11.0. The van der Waals surface area contributed by atoms with Gasteiger partial charge in [-0.25, -0.2) is 4.39 Å². The number of rotatable bonds is 9. The summed E-state index contributed by atoms with van der Waals surface area (Å²) in [7, 11) is 5.07. The Morgan fingerprint density at radius 1 is 0.939 bits per heavy atom. The lowest BCUT2D eigenvalue weighted by atomic mass is 10.1. The molecule has 0 aliphatic carbocycles. The molecule has 1 heterocycles. The molecule has 0 aromatic heterocycles. The van der Waals surface area contributed by atoms with Crippen LogP contribution in [0.1, 0.15) is 5.56 Å². The first-order chi connectivity index (χ1) is 15.6. The lowest BCUT2D eigenvalue weighted by Gasteiger charge is -2.36. The smallest absolute Gasteiger partial charge is 0.191 e. The predicted molar refractivity (Wildman–Crippen MR) is 143 cm³/mol. The van der Waals surface area contributed by atoms with Crippen molar-refractivity contribution in [1.29, 1.82) is 0 Å². The lowest BCUT2D eigenvalue weighted by molar-refractivity contribution is 0.261. The van der Waals surface area contributed by atoms with Crippen molar-refractivity contribution in [2.24, 2.45) is 4.99 Å². The number of hydrogen-bond donors (Lipinski definition) is 2. The number of halogens is 2. The van der Waals surface area contributed by atoms with Crippen LogP contribution in [0.15, 0.2) is 47.5 Å². The highest BCUT2D eigenvalue weighted by atomic mass is 127. The van der Waals surface area contributed by atoms with E-state index >= 15 is 0 Å². The van der Waals surface area contributed by atoms with E-state index in [1.807, 2.05) is 30.3 Å². The topological polar surface area (TPSA) is 61.4 Å². The summed E-state index contributed by atoms with van der Waals surface area (Å²) in [4.78, 5) is 9.05. The second kappa shape index (κ2) is 14.1. The van der Waals surface area contributed by atoms with Gasteiger partial charge in [-0.05, 0) is 48.4 Å². The molecule has 1 saturated heterocycles. The van der Waals surface area contributed by atoms with Gasteiger partial charge in [0.25, 0.3) is 0 Å². The molecule has 182 valence electrons. The quantitative estimate of drug-likeness (QED) is 0.274. The van der Waals surface area contributed by atoms with Crippen LogP contribution in [0.3, 0.4) is 0 Å². The fraction of sp³-hybridized carbons (Fsp3) is 0.458. The van der Waals surface area contributed by atoms with Crippen LogP contribution < -0.4 is 25.0 Å². The van der Waals surface area contributed by atoms with Crippen LogP contribution >= 0.6 is 24.0 Å². The molecule has 2 aromatic rings. The van der Waals surface area contributed by atoms with E-state index < -0.39 is 0 Å². The molecule has 9 heteroatoms. The van der Waals surface area contributed by atoms with Gasteiger partial charge in [0.2, 0.25) is 0 Å². The van der Waals surface area contributed by atoms with Crippen molar-refractivity contribution in [2.45, 2.75) is 6.42 Å². The average Bonchev–Trinajstić information content (AvgIpc) is 2.84. The van der Waals surface area contributed by atoms with Gasteiger partial charge in [-0.1, -0.05) is 6.07 Å². The third-order valence-electron chi connectivity index (χ3n) is 5.66. The second-order valence-corrected chi connectivity index (χ2v) is 7.67. The van der Waals surface area contributed by atoms with Crippen LogP contribution in [-0.4, -0.2) is 77.9 Å². The Kier molecular flexibility index (Phi) is 11.5. The molecule has 1 fully saturated rings. The number of nitrogens with one attached hydrogen (secondary N) is 2. The maximum atomic E-state index is 13.1. The summed E-state index contributed by atoms with van der Waals surface area (Å²) >= 11 is 0. The number of guanidine groups is 1. The van der Waals surface area contributed by atoms with Gasteiger partial charge in [0, 0.05) is 58.5 Å². The van der Waals surface area contributed by atoms with E-state index in [0.717, 1.165) is 75.4 Å². The molecular formula is C24H35FIN5O2. The van der Waals surface area contributed by atoms with Crippen molar-refractivity contribution >= 4 is 35.6 Å². The molecule has 0 saturated carbocycles. The highest BCUT2D eigenvalue weighted by Gasteiger charge is 2.17. The molecule has 0 bridgehead atoms. The van der Waals surface area contributed by atoms with E-state index in [0.29, 0.717) is 0 Å². The Hall–Kier alpha value is -2.27. The molecule has 0 radical (unpaired) electrons. The van der Waals surface area contributed by atoms with Crippen molar-refractivity contribution in [3.05, 3.63) is 53.8 Å². The third-order valence-corrected chi connectivity index (χ3v) is 5.66. The number of methoxy groups -OCH3 is 2. The van der Waals surface area contributed by atoms with E-state index in [1.54, 1.807) is 21.3 Å². The van der Waals surface area contributed by atoms with Gasteiger partial charge >= 0.3 is 0 Å². The summed E-state index contributed by atoms with van der Waals surface area (Å²) < 4.78 is 23.8. The van der Waals surface area contributed by atoms with Crippen molar-refractivity contribution in [3.63, 3.8) is 0 Å². The highest BCUT2D eigenvalue weighted by Crippen LogP contribution is 2.27. The third kappa shape index (κ3) is 8.22. The Labute approximate surface area is 213 Å². The number of nitrogens with zero attached hydrogens (tertiary/aromatic N) is 3. The molecule has 2 N–H and O–H groups in total. The number of aliphatic imine (C=N–C) groups is 1. The summed E-state index contributed by atoms with van der Waals surface area (Å²) in [6.45, 7) is 6.42. The summed E-state index contributed by atoms with van der Waals surface area (Å²) in [5.74, 6) is 2.09. The van der Waals surface area contributed by atoms with Crippen LogP contribution in [0.2, 0.25) is 0 Å². The van der Waals surface area contributed by atoms with Crippen LogP contribution in [0.4, 0.5) is 10.1 Å². The van der Waals surface area contributed by atoms with Gasteiger partial charge in [0.05, 0.1) is 14.2 Å². The maximum absolute atomic E-state index is 13.1. The van der Waals surface area contributed by atoms with Crippen molar-refractivity contribution in [2.75, 3.05) is 72.0 Å². The molecule has 33 heavy (non-hydrogen) atoms. The number of piperazine rings is 1. The molecule has 0 atom stereocenters. The van der Waals surface area contributed by atoms with Crippen LogP contribution in [0.5, 0.6) is 11.5 Å². The summed E-state index contributed by atoms with van der Waals surface area (Å²) in [5, 5.41) is 6.75. The molecule has 7 nitrogen and oxygen atoms in total. The highest BCUT2D eigenvalue weighted by molar-refractivity contribution is 14.0. The van der Waals surface area contributed by atoms with E-state index in [1.165, 1.54) is 17.7 Å². The lowest BCUT2D eigenvalue weighted by Crippen LogP contribution is -2.49. The zero-order chi connectivity index (χ0) is 22.8. The Bertz CT molecular complexity index is 874. The summed E-state index contributed by atoms with van der Waals surface area (Å²) in [6.07, 6.45) is 0.854. The Balaban J connectivity index is 0.00000385. The molecule has 3 rings (SSSR count). The van der Waals surface area contributed by atoms with Crippen LogP contribution in [0.25, 0.3) is 0 Å². The van der Waals surface area contributed by atoms with Gasteiger partial charge in [-0.2, -0.15) is 0 Å². The van der Waals surface area contributed by atoms with E-state index in [4.69, 9.17) is 9.47 Å². The zero-order valence-electron chi connectivity index (χ0n) is 19.6. The average molecular weight is 571 g/mol. The second-order valence-electron chi connectivity index (χ2n) is 7.67. The SMILES string of the molecule is CN=C(NCCc1ccc(OC)c(OC)c1)NCCN1CCN(c2ccc(F)cc2)CC1.I. The first kappa shape index (κ1) is 27.0. The maximum Gasteiger partial charge on any atom is 0.191 e. The molecule has 0 unspecified atom stereocenters. The predicted octanol–water partition coefficient (Wildman–Crippen LogP) is 2.99. The van der Waals surface area contributed by atoms with Gasteiger partial charge in [-0.3, -0.25) is 9.89 Å². The fourth-order valence-electron chi connectivity index (χ4n) is 3.80. The molecule has 0 amide bonds.